The highest BCUT2D eigenvalue weighted by Gasteiger charge is 2.33. The third-order valence-electron chi connectivity index (χ3n) is 5.87. The van der Waals surface area contributed by atoms with Crippen LogP contribution in [0.1, 0.15) is 60.5 Å². The van der Waals surface area contributed by atoms with Crippen molar-refractivity contribution in [3.63, 3.8) is 0 Å². The van der Waals surface area contributed by atoms with Gasteiger partial charge in [-0.05, 0) is 56.0 Å². The predicted molar refractivity (Wildman–Crippen MR) is 108 cm³/mol. The van der Waals surface area contributed by atoms with Gasteiger partial charge < -0.3 is 14.9 Å². The van der Waals surface area contributed by atoms with Crippen LogP contribution in [0, 0.1) is 5.92 Å². The van der Waals surface area contributed by atoms with E-state index in [4.69, 9.17) is 4.52 Å². The topological polar surface area (TPSA) is 105 Å². The first-order valence-corrected chi connectivity index (χ1v) is 10.9. The Morgan fingerprint density at radius 3 is 2.62 bits per heavy atom. The number of rotatable bonds is 5. The Hall–Kier alpha value is -2.74. The number of aliphatic carboxylic acids is 1. The zero-order valence-electron chi connectivity index (χ0n) is 15.8. The van der Waals surface area contributed by atoms with Crippen LogP contribution in [-0.4, -0.2) is 33.2 Å². The molecule has 0 aliphatic heterocycles. The molecule has 2 aliphatic carbocycles. The zero-order chi connectivity index (χ0) is 20.0. The zero-order valence-corrected chi connectivity index (χ0v) is 16.6. The van der Waals surface area contributed by atoms with E-state index in [1.807, 2.05) is 23.6 Å². The summed E-state index contributed by atoms with van der Waals surface area (Å²) < 4.78 is 5.51. The van der Waals surface area contributed by atoms with Gasteiger partial charge in [-0.3, -0.25) is 9.59 Å². The largest absolute Gasteiger partial charge is 0.481 e. The van der Waals surface area contributed by atoms with Gasteiger partial charge in [-0.15, -0.1) is 11.3 Å². The molecular formula is C21H21N3O4S. The van der Waals surface area contributed by atoms with E-state index < -0.39 is 5.97 Å². The Labute approximate surface area is 171 Å². The monoisotopic (exact) mass is 411 g/mol. The summed E-state index contributed by atoms with van der Waals surface area (Å²) in [5.74, 6) is -0.882. The quantitative estimate of drug-likeness (QED) is 0.652. The van der Waals surface area contributed by atoms with Crippen LogP contribution in [0.3, 0.4) is 0 Å². The molecule has 150 valence electrons. The Bertz CT molecular complexity index is 1060. The molecule has 0 unspecified atom stereocenters. The minimum Gasteiger partial charge on any atom is -0.481 e. The highest BCUT2D eigenvalue weighted by molar-refractivity contribution is 7.13. The van der Waals surface area contributed by atoms with Crippen LogP contribution in [0.2, 0.25) is 0 Å². The van der Waals surface area contributed by atoms with E-state index in [2.05, 4.69) is 15.5 Å². The molecule has 0 bridgehead atoms. The number of hydrogen-bond acceptors (Lipinski definition) is 6. The lowest BCUT2D eigenvalue weighted by molar-refractivity contribution is -0.142. The van der Waals surface area contributed by atoms with Gasteiger partial charge in [0.15, 0.2) is 0 Å². The molecule has 8 heteroatoms. The molecule has 2 N–H and O–H groups in total. The number of carboxylic acids is 1. The first-order valence-electron chi connectivity index (χ1n) is 9.98. The molecule has 3 aromatic rings. The number of carbonyl (C=O) groups excluding carboxylic acids is 1. The van der Waals surface area contributed by atoms with Crippen molar-refractivity contribution in [2.24, 2.45) is 5.92 Å². The Morgan fingerprint density at radius 2 is 1.97 bits per heavy atom. The van der Waals surface area contributed by atoms with Gasteiger partial charge in [0, 0.05) is 12.0 Å². The smallest absolute Gasteiger partial charge is 0.306 e. The summed E-state index contributed by atoms with van der Waals surface area (Å²) in [6.07, 6.45) is 4.63. The average Bonchev–Trinajstić information content (AvgIpc) is 3.25. The van der Waals surface area contributed by atoms with Gasteiger partial charge in [-0.25, -0.2) is 4.98 Å². The molecule has 29 heavy (non-hydrogen) atoms. The highest BCUT2D eigenvalue weighted by atomic mass is 32.1. The van der Waals surface area contributed by atoms with E-state index in [1.165, 1.54) is 0 Å². The SMILES string of the molecule is O=C(NC1CCC(C(=O)O)CC1)c1cc(-c2cccs2)nc2onc(C3CC3)c12. The van der Waals surface area contributed by atoms with E-state index in [0.717, 1.165) is 23.4 Å². The van der Waals surface area contributed by atoms with E-state index >= 15 is 0 Å². The van der Waals surface area contributed by atoms with Crippen molar-refractivity contribution in [3.05, 3.63) is 34.8 Å². The summed E-state index contributed by atoms with van der Waals surface area (Å²) in [7, 11) is 0. The third-order valence-corrected chi connectivity index (χ3v) is 6.76. The molecule has 3 heterocycles. The third kappa shape index (κ3) is 3.53. The van der Waals surface area contributed by atoms with Crippen molar-refractivity contribution in [1.29, 1.82) is 0 Å². The van der Waals surface area contributed by atoms with Crippen LogP contribution in [0.15, 0.2) is 28.1 Å². The summed E-state index contributed by atoms with van der Waals surface area (Å²) in [5, 5.41) is 19.2. The second-order valence-corrected chi connectivity index (χ2v) is 8.86. The fraction of sp³-hybridized carbons (Fsp3) is 0.429. The Morgan fingerprint density at radius 1 is 1.17 bits per heavy atom. The van der Waals surface area contributed by atoms with Crippen LogP contribution in [0.5, 0.6) is 0 Å². The lowest BCUT2D eigenvalue weighted by atomic mass is 9.86. The van der Waals surface area contributed by atoms with Crippen LogP contribution < -0.4 is 5.32 Å². The number of nitrogens with zero attached hydrogens (tertiary/aromatic N) is 2. The van der Waals surface area contributed by atoms with Crippen molar-refractivity contribution < 1.29 is 19.2 Å². The van der Waals surface area contributed by atoms with Crippen molar-refractivity contribution in [1.82, 2.24) is 15.5 Å². The molecule has 2 fully saturated rings. The molecular weight excluding hydrogens is 390 g/mol. The Kier molecular flexibility index (Phi) is 4.58. The molecule has 2 aliphatic rings. The summed E-state index contributed by atoms with van der Waals surface area (Å²) in [5.41, 5.74) is 2.47. The molecule has 0 saturated heterocycles. The van der Waals surface area contributed by atoms with E-state index in [1.54, 1.807) is 11.3 Å². The number of pyridine rings is 1. The molecule has 3 aromatic heterocycles. The molecule has 7 nitrogen and oxygen atoms in total. The number of fused-ring (bicyclic) bond motifs is 1. The van der Waals surface area contributed by atoms with Crippen molar-refractivity contribution in [2.45, 2.75) is 50.5 Å². The normalized spacial score (nSPS) is 21.9. The minimum atomic E-state index is -0.746. The lowest BCUT2D eigenvalue weighted by Gasteiger charge is -2.27. The maximum Gasteiger partial charge on any atom is 0.306 e. The van der Waals surface area contributed by atoms with E-state index in [9.17, 15) is 14.7 Å². The van der Waals surface area contributed by atoms with Gasteiger partial charge in [0.1, 0.15) is 0 Å². The van der Waals surface area contributed by atoms with Crippen LogP contribution >= 0.6 is 11.3 Å². The van der Waals surface area contributed by atoms with Gasteiger partial charge in [0.2, 0.25) is 0 Å². The first kappa shape index (κ1) is 18.3. The fourth-order valence-corrected chi connectivity index (χ4v) is 4.77. The van der Waals surface area contributed by atoms with Crippen LogP contribution in [0.4, 0.5) is 0 Å². The summed E-state index contributed by atoms with van der Waals surface area (Å²) >= 11 is 1.56. The van der Waals surface area contributed by atoms with Gasteiger partial charge in [-0.1, -0.05) is 11.2 Å². The predicted octanol–water partition coefficient (Wildman–Crippen LogP) is 4.20. The second kappa shape index (κ2) is 7.26. The molecule has 5 rings (SSSR count). The van der Waals surface area contributed by atoms with Crippen molar-refractivity contribution >= 4 is 34.3 Å². The summed E-state index contributed by atoms with van der Waals surface area (Å²) in [4.78, 5) is 30.0. The number of thiophene rings is 1. The number of hydrogen-bond donors (Lipinski definition) is 2. The fourth-order valence-electron chi connectivity index (χ4n) is 4.09. The highest BCUT2D eigenvalue weighted by Crippen LogP contribution is 2.43. The van der Waals surface area contributed by atoms with Gasteiger partial charge in [0.05, 0.1) is 33.1 Å². The number of nitrogens with one attached hydrogen (secondary N) is 1. The number of amides is 1. The maximum absolute atomic E-state index is 13.2. The van der Waals surface area contributed by atoms with E-state index in [0.29, 0.717) is 54.0 Å². The van der Waals surface area contributed by atoms with Gasteiger partial charge in [0.25, 0.3) is 11.6 Å². The maximum atomic E-state index is 13.2. The molecule has 0 aromatic carbocycles. The first-order chi connectivity index (χ1) is 14.1. The number of aromatic nitrogens is 2. The summed E-state index contributed by atoms with van der Waals surface area (Å²) in [6, 6.07) is 5.72. The van der Waals surface area contributed by atoms with E-state index in [-0.39, 0.29) is 17.9 Å². The van der Waals surface area contributed by atoms with Gasteiger partial charge in [-0.2, -0.15) is 0 Å². The minimum absolute atomic E-state index is 0.0178. The standard InChI is InChI=1S/C21H21N3O4S/c25-19(22-13-7-5-12(6-8-13)21(26)27)14-10-15(16-2-1-9-29-16)23-20-17(14)18(24-28-20)11-3-4-11/h1-2,9-13H,3-8H2,(H,22,25)(H,26,27). The molecule has 2 saturated carbocycles. The number of carbonyl (C=O) groups is 2. The average molecular weight is 411 g/mol. The molecule has 1 amide bonds. The molecule has 0 spiro atoms. The number of carboxylic acid groups (broad SMARTS) is 1. The Balaban J connectivity index is 1.46. The second-order valence-electron chi connectivity index (χ2n) is 7.91. The molecule has 0 atom stereocenters. The van der Waals surface area contributed by atoms with Crippen LogP contribution in [-0.2, 0) is 4.79 Å². The van der Waals surface area contributed by atoms with Crippen molar-refractivity contribution in [3.8, 4) is 10.6 Å². The lowest BCUT2D eigenvalue weighted by Crippen LogP contribution is -2.38. The molecule has 0 radical (unpaired) electrons. The van der Waals surface area contributed by atoms with Crippen molar-refractivity contribution in [2.75, 3.05) is 0 Å². The summed E-state index contributed by atoms with van der Waals surface area (Å²) in [6.45, 7) is 0. The van der Waals surface area contributed by atoms with Gasteiger partial charge >= 0.3 is 5.97 Å². The van der Waals surface area contributed by atoms with Crippen LogP contribution in [0.25, 0.3) is 21.7 Å².